The summed E-state index contributed by atoms with van der Waals surface area (Å²) in [5.41, 5.74) is 9.59. The van der Waals surface area contributed by atoms with Crippen molar-refractivity contribution < 1.29 is 5.11 Å². The molecule has 0 aliphatic rings. The smallest absolute Gasteiger partial charge is 0.0472 e. The SMILES string of the molecule is Cn1ccc(-c2ccc(Cl)c(CCO)c2N)c1. The molecular formula is C13H15ClN2O. The Labute approximate surface area is 105 Å². The summed E-state index contributed by atoms with van der Waals surface area (Å²) in [6.45, 7) is 0.0438. The van der Waals surface area contributed by atoms with Crippen molar-refractivity contribution >= 4 is 17.3 Å². The number of anilines is 1. The van der Waals surface area contributed by atoms with Crippen LogP contribution in [-0.4, -0.2) is 16.3 Å². The molecule has 1 heterocycles. The number of halogens is 1. The maximum atomic E-state index is 9.02. The monoisotopic (exact) mass is 250 g/mol. The number of nitrogens with zero attached hydrogens (tertiary/aromatic N) is 1. The molecular weight excluding hydrogens is 236 g/mol. The molecule has 0 saturated carbocycles. The van der Waals surface area contributed by atoms with Crippen molar-refractivity contribution in [3.63, 3.8) is 0 Å². The minimum Gasteiger partial charge on any atom is -0.398 e. The summed E-state index contributed by atoms with van der Waals surface area (Å²) >= 11 is 6.08. The summed E-state index contributed by atoms with van der Waals surface area (Å²) < 4.78 is 1.97. The molecule has 1 aromatic heterocycles. The van der Waals surface area contributed by atoms with Gasteiger partial charge in [-0.3, -0.25) is 0 Å². The molecule has 0 saturated heterocycles. The van der Waals surface area contributed by atoms with Gasteiger partial charge in [-0.05, 0) is 24.1 Å². The normalized spacial score (nSPS) is 10.8. The van der Waals surface area contributed by atoms with Gasteiger partial charge in [-0.15, -0.1) is 0 Å². The predicted octanol–water partition coefficient (Wildman–Crippen LogP) is 2.46. The van der Waals surface area contributed by atoms with E-state index >= 15 is 0 Å². The first-order valence-electron chi connectivity index (χ1n) is 5.43. The fraction of sp³-hybridized carbons (Fsp3) is 0.231. The van der Waals surface area contributed by atoms with Crippen LogP contribution in [0.5, 0.6) is 0 Å². The molecule has 2 rings (SSSR count). The van der Waals surface area contributed by atoms with Gasteiger partial charge in [0.15, 0.2) is 0 Å². The van der Waals surface area contributed by atoms with Crippen LogP contribution in [0.25, 0.3) is 11.1 Å². The highest BCUT2D eigenvalue weighted by Gasteiger charge is 2.11. The summed E-state index contributed by atoms with van der Waals surface area (Å²) in [5, 5.41) is 9.62. The fourth-order valence-electron chi connectivity index (χ4n) is 1.92. The molecule has 0 fully saturated rings. The van der Waals surface area contributed by atoms with Crippen LogP contribution in [0, 0.1) is 0 Å². The van der Waals surface area contributed by atoms with Gasteiger partial charge >= 0.3 is 0 Å². The molecule has 0 amide bonds. The van der Waals surface area contributed by atoms with Gasteiger partial charge in [-0.1, -0.05) is 17.7 Å². The highest BCUT2D eigenvalue weighted by Crippen LogP contribution is 2.33. The second kappa shape index (κ2) is 4.82. The summed E-state index contributed by atoms with van der Waals surface area (Å²) in [5.74, 6) is 0. The lowest BCUT2D eigenvalue weighted by Gasteiger charge is -2.11. The van der Waals surface area contributed by atoms with E-state index in [1.165, 1.54) is 0 Å². The Hall–Kier alpha value is -1.45. The maximum Gasteiger partial charge on any atom is 0.0472 e. The van der Waals surface area contributed by atoms with Crippen molar-refractivity contribution in [2.45, 2.75) is 6.42 Å². The molecule has 17 heavy (non-hydrogen) atoms. The summed E-state index contributed by atoms with van der Waals surface area (Å²) in [6.07, 6.45) is 4.45. The molecule has 4 heteroatoms. The number of aliphatic hydroxyl groups excluding tert-OH is 1. The molecule has 0 bridgehead atoms. The van der Waals surface area contributed by atoms with Crippen molar-refractivity contribution in [2.75, 3.05) is 12.3 Å². The highest BCUT2D eigenvalue weighted by molar-refractivity contribution is 6.32. The Morgan fingerprint density at radius 1 is 1.35 bits per heavy atom. The summed E-state index contributed by atoms with van der Waals surface area (Å²) in [6, 6.07) is 5.74. The topological polar surface area (TPSA) is 51.2 Å². The van der Waals surface area contributed by atoms with Gasteiger partial charge < -0.3 is 15.4 Å². The van der Waals surface area contributed by atoms with Crippen molar-refractivity contribution in [3.8, 4) is 11.1 Å². The van der Waals surface area contributed by atoms with E-state index in [2.05, 4.69) is 0 Å². The molecule has 0 aliphatic carbocycles. The molecule has 0 spiro atoms. The van der Waals surface area contributed by atoms with Gasteiger partial charge in [0, 0.05) is 47.9 Å². The number of benzene rings is 1. The first kappa shape index (κ1) is 12.0. The van der Waals surface area contributed by atoms with Crippen LogP contribution in [0.3, 0.4) is 0 Å². The van der Waals surface area contributed by atoms with Crippen LogP contribution in [0.2, 0.25) is 5.02 Å². The Balaban J connectivity index is 2.52. The van der Waals surface area contributed by atoms with Gasteiger partial charge in [-0.2, -0.15) is 0 Å². The van der Waals surface area contributed by atoms with Crippen LogP contribution < -0.4 is 5.73 Å². The minimum absolute atomic E-state index is 0.0438. The zero-order chi connectivity index (χ0) is 12.4. The van der Waals surface area contributed by atoms with E-state index in [-0.39, 0.29) is 6.61 Å². The number of aromatic nitrogens is 1. The van der Waals surface area contributed by atoms with Crippen molar-refractivity contribution in [3.05, 3.63) is 41.2 Å². The second-order valence-corrected chi connectivity index (χ2v) is 4.43. The van der Waals surface area contributed by atoms with Gasteiger partial charge in [-0.25, -0.2) is 0 Å². The average molecular weight is 251 g/mol. The highest BCUT2D eigenvalue weighted by atomic mass is 35.5. The van der Waals surface area contributed by atoms with Crippen LogP contribution in [0.4, 0.5) is 5.69 Å². The van der Waals surface area contributed by atoms with E-state index < -0.39 is 0 Å². The fourth-order valence-corrected chi connectivity index (χ4v) is 2.18. The number of hydrogen-bond acceptors (Lipinski definition) is 2. The van der Waals surface area contributed by atoms with Gasteiger partial charge in [0.05, 0.1) is 0 Å². The lowest BCUT2D eigenvalue weighted by molar-refractivity contribution is 0.300. The van der Waals surface area contributed by atoms with E-state index in [0.29, 0.717) is 17.1 Å². The van der Waals surface area contributed by atoms with Crippen molar-refractivity contribution in [1.29, 1.82) is 0 Å². The maximum absolute atomic E-state index is 9.02. The molecule has 3 N–H and O–H groups in total. The second-order valence-electron chi connectivity index (χ2n) is 4.03. The van der Waals surface area contributed by atoms with Gasteiger partial charge in [0.2, 0.25) is 0 Å². The lowest BCUT2D eigenvalue weighted by Crippen LogP contribution is -2.00. The van der Waals surface area contributed by atoms with Gasteiger partial charge in [0.25, 0.3) is 0 Å². The van der Waals surface area contributed by atoms with Gasteiger partial charge in [0.1, 0.15) is 0 Å². The Kier molecular flexibility index (Phi) is 3.41. The summed E-state index contributed by atoms with van der Waals surface area (Å²) in [7, 11) is 1.96. The molecule has 3 nitrogen and oxygen atoms in total. The van der Waals surface area contributed by atoms with Crippen LogP contribution in [-0.2, 0) is 13.5 Å². The Morgan fingerprint density at radius 2 is 2.12 bits per heavy atom. The van der Waals surface area contributed by atoms with Crippen molar-refractivity contribution in [1.82, 2.24) is 4.57 Å². The molecule has 0 aliphatic heterocycles. The molecule has 2 aromatic rings. The Morgan fingerprint density at radius 3 is 2.71 bits per heavy atom. The number of aliphatic hydroxyl groups is 1. The molecule has 0 unspecified atom stereocenters. The number of rotatable bonds is 3. The number of aryl methyl sites for hydroxylation is 1. The summed E-state index contributed by atoms with van der Waals surface area (Å²) in [4.78, 5) is 0. The van der Waals surface area contributed by atoms with Crippen LogP contribution in [0.15, 0.2) is 30.6 Å². The molecule has 90 valence electrons. The third-order valence-corrected chi connectivity index (χ3v) is 3.16. The van der Waals surface area contributed by atoms with E-state index in [0.717, 1.165) is 16.7 Å². The number of nitrogen functional groups attached to an aromatic ring is 1. The number of nitrogens with two attached hydrogens (primary N) is 1. The van der Waals surface area contributed by atoms with E-state index in [9.17, 15) is 0 Å². The van der Waals surface area contributed by atoms with E-state index in [1.54, 1.807) is 0 Å². The average Bonchev–Trinajstić information content (AvgIpc) is 2.71. The first-order chi connectivity index (χ1) is 8.13. The third kappa shape index (κ3) is 2.30. The lowest BCUT2D eigenvalue weighted by atomic mass is 10.0. The van der Waals surface area contributed by atoms with Crippen LogP contribution in [0.1, 0.15) is 5.56 Å². The standard InChI is InChI=1S/C13H15ClN2O/c1-16-6-4-9(8-16)10-2-3-12(14)11(5-7-17)13(10)15/h2-4,6,8,17H,5,7,15H2,1H3. The van der Waals surface area contributed by atoms with Crippen LogP contribution >= 0.6 is 11.6 Å². The zero-order valence-corrected chi connectivity index (χ0v) is 10.4. The number of hydrogen-bond donors (Lipinski definition) is 2. The zero-order valence-electron chi connectivity index (χ0n) is 9.65. The quantitative estimate of drug-likeness (QED) is 0.823. The largest absolute Gasteiger partial charge is 0.398 e. The first-order valence-corrected chi connectivity index (χ1v) is 5.81. The third-order valence-electron chi connectivity index (χ3n) is 2.80. The predicted molar refractivity (Wildman–Crippen MR) is 71.1 cm³/mol. The molecule has 1 aromatic carbocycles. The van der Waals surface area contributed by atoms with E-state index in [4.69, 9.17) is 22.4 Å². The minimum atomic E-state index is 0.0438. The molecule has 0 atom stereocenters. The van der Waals surface area contributed by atoms with E-state index in [1.807, 2.05) is 42.2 Å². The van der Waals surface area contributed by atoms with Crippen molar-refractivity contribution in [2.24, 2.45) is 7.05 Å². The Bertz CT molecular complexity index is 534. The molecule has 0 radical (unpaired) electrons.